The maximum Gasteiger partial charge on any atom is 0.251 e. The van der Waals surface area contributed by atoms with Gasteiger partial charge in [-0.15, -0.1) is 0 Å². The molecule has 0 radical (unpaired) electrons. The molecular weight excluding hydrogens is 382 g/mol. The summed E-state index contributed by atoms with van der Waals surface area (Å²) < 4.78 is 38.0. The van der Waals surface area contributed by atoms with E-state index in [9.17, 15) is 13.2 Å². The van der Waals surface area contributed by atoms with Crippen molar-refractivity contribution in [1.29, 1.82) is 0 Å². The van der Waals surface area contributed by atoms with Crippen LogP contribution in [0.3, 0.4) is 0 Å². The van der Waals surface area contributed by atoms with E-state index < -0.39 is 10.0 Å². The van der Waals surface area contributed by atoms with Crippen molar-refractivity contribution in [3.05, 3.63) is 51.9 Å². The van der Waals surface area contributed by atoms with Crippen LogP contribution in [0.1, 0.15) is 11.1 Å². The first-order valence-corrected chi connectivity index (χ1v) is 10.3. The molecule has 0 aliphatic carbocycles. The normalized spacial score (nSPS) is 14.8. The van der Waals surface area contributed by atoms with E-state index in [4.69, 9.17) is 9.47 Å². The average Bonchev–Trinajstić information content (AvgIpc) is 2.68. The molecule has 0 N–H and O–H groups in total. The molecule has 3 rings (SSSR count). The smallest absolute Gasteiger partial charge is 0.251 e. The zero-order valence-electron chi connectivity index (χ0n) is 16.5. The van der Waals surface area contributed by atoms with E-state index in [1.165, 1.54) is 42.6 Å². The molecule has 1 aromatic heterocycles. The number of fused-ring (bicyclic) bond motifs is 1. The van der Waals surface area contributed by atoms with Crippen LogP contribution in [0.5, 0.6) is 11.5 Å². The summed E-state index contributed by atoms with van der Waals surface area (Å²) in [6.07, 6.45) is 2.21. The number of nitrogens with zero attached hydrogens (tertiary/aromatic N) is 3. The fraction of sp³-hybridized carbons (Fsp3) is 0.421. The van der Waals surface area contributed by atoms with E-state index in [2.05, 4.69) is 4.90 Å². The predicted molar refractivity (Wildman–Crippen MR) is 105 cm³/mol. The van der Waals surface area contributed by atoms with Crippen molar-refractivity contribution in [3.63, 3.8) is 0 Å². The Morgan fingerprint density at radius 3 is 2.32 bits per heavy atom. The quantitative estimate of drug-likeness (QED) is 0.714. The number of rotatable bonds is 6. The van der Waals surface area contributed by atoms with Gasteiger partial charge in [0, 0.05) is 39.4 Å². The lowest BCUT2D eigenvalue weighted by Crippen LogP contribution is -2.36. The van der Waals surface area contributed by atoms with E-state index in [0.717, 1.165) is 22.8 Å². The van der Waals surface area contributed by atoms with Gasteiger partial charge in [0.1, 0.15) is 0 Å². The van der Waals surface area contributed by atoms with E-state index in [0.29, 0.717) is 24.7 Å². The molecule has 1 aromatic carbocycles. The van der Waals surface area contributed by atoms with Gasteiger partial charge in [-0.3, -0.25) is 9.69 Å². The van der Waals surface area contributed by atoms with Crippen LogP contribution in [0, 0.1) is 0 Å². The molecule has 1 aliphatic rings. The van der Waals surface area contributed by atoms with Crippen molar-refractivity contribution < 1.29 is 17.9 Å². The second-order valence-electron chi connectivity index (χ2n) is 6.88. The first-order chi connectivity index (χ1) is 13.3. The Labute approximate surface area is 165 Å². The van der Waals surface area contributed by atoms with Gasteiger partial charge in [-0.25, -0.2) is 12.7 Å². The highest BCUT2D eigenvalue weighted by Gasteiger charge is 2.22. The number of aromatic nitrogens is 1. The number of hydrogen-bond acceptors (Lipinski definition) is 6. The molecule has 0 spiro atoms. The molecule has 0 saturated heterocycles. The lowest BCUT2D eigenvalue weighted by molar-refractivity contribution is 0.196. The molecule has 0 amide bonds. The van der Waals surface area contributed by atoms with Crippen LogP contribution in [-0.4, -0.2) is 57.0 Å². The third kappa shape index (κ3) is 3.91. The van der Waals surface area contributed by atoms with Crippen LogP contribution >= 0.6 is 0 Å². The average molecular weight is 407 g/mol. The minimum atomic E-state index is -3.60. The molecule has 0 fully saturated rings. The van der Waals surface area contributed by atoms with Crippen LogP contribution < -0.4 is 15.0 Å². The maximum atomic E-state index is 12.4. The monoisotopic (exact) mass is 407 g/mol. The van der Waals surface area contributed by atoms with E-state index >= 15 is 0 Å². The summed E-state index contributed by atoms with van der Waals surface area (Å²) in [5, 5.41) is 0. The Morgan fingerprint density at radius 2 is 1.71 bits per heavy atom. The summed E-state index contributed by atoms with van der Waals surface area (Å²) in [5.74, 6) is 1.37. The lowest BCUT2D eigenvalue weighted by Gasteiger charge is -2.30. The summed E-state index contributed by atoms with van der Waals surface area (Å²) in [6.45, 7) is 1.69. The van der Waals surface area contributed by atoms with Gasteiger partial charge in [0.05, 0.1) is 25.8 Å². The molecule has 0 atom stereocenters. The summed E-state index contributed by atoms with van der Waals surface area (Å²) in [7, 11) is 2.54. The summed E-state index contributed by atoms with van der Waals surface area (Å²) in [4.78, 5) is 14.5. The van der Waals surface area contributed by atoms with Crippen LogP contribution in [0.4, 0.5) is 0 Å². The summed E-state index contributed by atoms with van der Waals surface area (Å²) in [6, 6.07) is 6.58. The highest BCUT2D eigenvalue weighted by atomic mass is 32.2. The first kappa shape index (κ1) is 20.4. The van der Waals surface area contributed by atoms with Gasteiger partial charge in [-0.1, -0.05) is 0 Å². The highest BCUT2D eigenvalue weighted by molar-refractivity contribution is 7.89. The standard InChI is InChI=1S/C19H25N3O5S/c1-20(2)28(24,25)16-5-6-19(23)22(12-16)13-21-8-7-14-9-17(26-3)18(27-4)10-15(14)11-21/h5-6,9-10,12H,7-8,11,13H2,1-4H3. The lowest BCUT2D eigenvalue weighted by atomic mass is 9.99. The topological polar surface area (TPSA) is 81.1 Å². The molecule has 28 heavy (non-hydrogen) atoms. The Morgan fingerprint density at radius 1 is 1.07 bits per heavy atom. The van der Waals surface area contributed by atoms with Crippen LogP contribution in [0.15, 0.2) is 40.2 Å². The second kappa shape index (κ2) is 7.94. The number of sulfonamides is 1. The zero-order chi connectivity index (χ0) is 20.5. The summed E-state index contributed by atoms with van der Waals surface area (Å²) >= 11 is 0. The predicted octanol–water partition coefficient (Wildman–Crippen LogP) is 1.13. The third-order valence-corrected chi connectivity index (χ3v) is 6.68. The maximum absolute atomic E-state index is 12.4. The Bertz CT molecular complexity index is 1030. The van der Waals surface area contributed by atoms with Crippen LogP contribution in [0.25, 0.3) is 0 Å². The number of hydrogen-bond donors (Lipinski definition) is 0. The van der Waals surface area contributed by atoms with Gasteiger partial charge < -0.3 is 14.0 Å². The summed E-state index contributed by atoms with van der Waals surface area (Å²) in [5.41, 5.74) is 2.05. The van der Waals surface area contributed by atoms with Crippen LogP contribution in [-0.2, 0) is 29.7 Å². The van der Waals surface area contributed by atoms with E-state index in [1.54, 1.807) is 14.2 Å². The molecule has 2 aromatic rings. The van der Waals surface area contributed by atoms with E-state index in [1.807, 2.05) is 12.1 Å². The third-order valence-electron chi connectivity index (χ3n) is 4.88. The largest absolute Gasteiger partial charge is 0.493 e. The van der Waals surface area contributed by atoms with Crippen LogP contribution in [0.2, 0.25) is 0 Å². The number of pyridine rings is 1. The van der Waals surface area contributed by atoms with Crippen molar-refractivity contribution in [2.45, 2.75) is 24.5 Å². The zero-order valence-corrected chi connectivity index (χ0v) is 17.3. The molecule has 152 valence electrons. The number of ether oxygens (including phenoxy) is 2. The Balaban J connectivity index is 1.85. The molecule has 0 unspecified atom stereocenters. The molecule has 0 bridgehead atoms. The van der Waals surface area contributed by atoms with Crippen molar-refractivity contribution in [1.82, 2.24) is 13.8 Å². The molecular formula is C19H25N3O5S. The molecule has 2 heterocycles. The Hall–Kier alpha value is -2.36. The number of benzene rings is 1. The van der Waals surface area contributed by atoms with Gasteiger partial charge in [0.15, 0.2) is 11.5 Å². The SMILES string of the molecule is COc1cc2c(cc1OC)CN(Cn1cc(S(=O)(=O)N(C)C)ccc1=O)CC2. The van der Waals surface area contributed by atoms with Crippen molar-refractivity contribution in [3.8, 4) is 11.5 Å². The van der Waals surface area contributed by atoms with Gasteiger partial charge >= 0.3 is 0 Å². The fourth-order valence-corrected chi connectivity index (χ4v) is 4.18. The minimum Gasteiger partial charge on any atom is -0.493 e. The van der Waals surface area contributed by atoms with Gasteiger partial charge in [-0.2, -0.15) is 0 Å². The first-order valence-electron chi connectivity index (χ1n) is 8.85. The van der Waals surface area contributed by atoms with E-state index in [-0.39, 0.29) is 10.5 Å². The van der Waals surface area contributed by atoms with Gasteiger partial charge in [0.2, 0.25) is 10.0 Å². The molecule has 8 nitrogen and oxygen atoms in total. The van der Waals surface area contributed by atoms with Crippen molar-refractivity contribution >= 4 is 10.0 Å². The minimum absolute atomic E-state index is 0.0981. The number of methoxy groups -OCH3 is 2. The molecule has 0 saturated carbocycles. The molecule has 9 heteroatoms. The highest BCUT2D eigenvalue weighted by Crippen LogP contribution is 2.33. The van der Waals surface area contributed by atoms with Crippen molar-refractivity contribution in [2.24, 2.45) is 0 Å². The Kier molecular flexibility index (Phi) is 5.78. The van der Waals surface area contributed by atoms with Gasteiger partial charge in [0.25, 0.3) is 5.56 Å². The van der Waals surface area contributed by atoms with Gasteiger partial charge in [-0.05, 0) is 35.7 Å². The van der Waals surface area contributed by atoms with Crippen molar-refractivity contribution in [2.75, 3.05) is 34.9 Å². The molecule has 1 aliphatic heterocycles. The fourth-order valence-electron chi connectivity index (χ4n) is 3.26. The second-order valence-corrected chi connectivity index (χ2v) is 9.03.